The van der Waals surface area contributed by atoms with Crippen molar-refractivity contribution in [3.05, 3.63) is 11.6 Å². The van der Waals surface area contributed by atoms with Crippen molar-refractivity contribution >= 4 is 0 Å². The van der Waals surface area contributed by atoms with Crippen LogP contribution in [-0.2, 0) is 0 Å². The molecule has 3 rings (SSSR count). The average Bonchev–Trinajstić information content (AvgIpc) is 2.05. The molecule has 3 aliphatic rings. The van der Waals surface area contributed by atoms with Crippen LogP contribution in [0, 0.1) is 17.3 Å². The summed E-state index contributed by atoms with van der Waals surface area (Å²) in [5.74, 6) is 1.70. The highest BCUT2D eigenvalue weighted by molar-refractivity contribution is 5.23. The van der Waals surface area contributed by atoms with Crippen LogP contribution in [0.3, 0.4) is 0 Å². The van der Waals surface area contributed by atoms with E-state index in [0.717, 1.165) is 18.3 Å². The second-order valence-electron chi connectivity index (χ2n) is 4.79. The first-order chi connectivity index (χ1) is 5.66. The maximum absolute atomic E-state index is 8.88. The minimum absolute atomic E-state index is 0.322. The van der Waals surface area contributed by atoms with Crippen molar-refractivity contribution in [3.8, 4) is 0 Å². The van der Waals surface area contributed by atoms with E-state index in [-0.39, 0.29) is 0 Å². The lowest BCUT2D eigenvalue weighted by Crippen LogP contribution is -2.48. The number of aliphatic hydroxyl groups excluding tert-OH is 1. The van der Waals surface area contributed by atoms with Gasteiger partial charge in [-0.15, -0.1) is 0 Å². The van der Waals surface area contributed by atoms with E-state index in [9.17, 15) is 0 Å². The molecule has 1 saturated carbocycles. The van der Waals surface area contributed by atoms with E-state index >= 15 is 0 Å². The number of aliphatic hydroxyl groups is 1. The molecule has 0 spiro atoms. The molecule has 0 aromatic rings. The van der Waals surface area contributed by atoms with Gasteiger partial charge in [0, 0.05) is 6.61 Å². The molecule has 0 unspecified atom stereocenters. The van der Waals surface area contributed by atoms with E-state index in [1.165, 1.54) is 18.4 Å². The number of hydrogen-bond acceptors (Lipinski definition) is 1. The summed E-state index contributed by atoms with van der Waals surface area (Å²) in [6.45, 7) is 5.06. The van der Waals surface area contributed by atoms with Crippen molar-refractivity contribution in [2.45, 2.75) is 33.1 Å². The summed E-state index contributed by atoms with van der Waals surface area (Å²) in [5, 5.41) is 8.88. The Balaban J connectivity index is 2.13. The normalized spacial score (nSPS) is 37.1. The third kappa shape index (κ3) is 0.957. The smallest absolute Gasteiger partial charge is 0.0468 e. The van der Waals surface area contributed by atoms with Gasteiger partial charge in [-0.1, -0.05) is 25.5 Å². The number of fused-ring (bicyclic) bond motifs is 1. The standard InChI is InChI=1S/C11H18O/c1-11(2)9-4-3-8(5-6-12)10(11)7-9/h3,9-10,12H,4-7H2,1-2H3/t9-,10+/m0/s1. The lowest BCUT2D eigenvalue weighted by molar-refractivity contribution is -0.00943. The van der Waals surface area contributed by atoms with E-state index in [2.05, 4.69) is 19.9 Å². The Bertz CT molecular complexity index is 215. The van der Waals surface area contributed by atoms with E-state index < -0.39 is 0 Å². The van der Waals surface area contributed by atoms with Crippen molar-refractivity contribution in [1.29, 1.82) is 0 Å². The van der Waals surface area contributed by atoms with Crippen LogP contribution in [0.15, 0.2) is 11.6 Å². The third-order valence-electron chi connectivity index (χ3n) is 3.98. The highest BCUT2D eigenvalue weighted by Gasteiger charge is 2.50. The van der Waals surface area contributed by atoms with Crippen LogP contribution in [0.5, 0.6) is 0 Å². The largest absolute Gasteiger partial charge is 0.396 e. The highest BCUT2D eigenvalue weighted by atomic mass is 16.2. The van der Waals surface area contributed by atoms with Gasteiger partial charge in [0.05, 0.1) is 0 Å². The van der Waals surface area contributed by atoms with E-state index in [4.69, 9.17) is 5.11 Å². The Labute approximate surface area is 74.5 Å². The van der Waals surface area contributed by atoms with Crippen molar-refractivity contribution in [1.82, 2.24) is 0 Å². The lowest BCUT2D eigenvalue weighted by Gasteiger charge is -2.56. The SMILES string of the molecule is CC1(C)[C@H]2CC=C(CCO)[C@H]1C2. The highest BCUT2D eigenvalue weighted by Crippen LogP contribution is 2.59. The van der Waals surface area contributed by atoms with E-state index in [1.807, 2.05) is 0 Å². The molecule has 0 heterocycles. The lowest BCUT2D eigenvalue weighted by atomic mass is 9.48. The molecular weight excluding hydrogens is 148 g/mol. The summed E-state index contributed by atoms with van der Waals surface area (Å²) in [6.07, 6.45) is 5.89. The minimum Gasteiger partial charge on any atom is -0.396 e. The van der Waals surface area contributed by atoms with Gasteiger partial charge in [-0.25, -0.2) is 0 Å². The summed E-state index contributed by atoms with van der Waals surface area (Å²) in [6, 6.07) is 0. The summed E-state index contributed by atoms with van der Waals surface area (Å²) in [4.78, 5) is 0. The van der Waals surface area contributed by atoms with Crippen molar-refractivity contribution in [3.63, 3.8) is 0 Å². The molecule has 2 atom stereocenters. The molecule has 12 heavy (non-hydrogen) atoms. The van der Waals surface area contributed by atoms with Gasteiger partial charge in [-0.3, -0.25) is 0 Å². The molecular formula is C11H18O. The maximum atomic E-state index is 8.88. The molecule has 68 valence electrons. The van der Waals surface area contributed by atoms with Crippen LogP contribution in [0.1, 0.15) is 33.1 Å². The van der Waals surface area contributed by atoms with Gasteiger partial charge in [0.25, 0.3) is 0 Å². The average molecular weight is 166 g/mol. The number of allylic oxidation sites excluding steroid dienone is 1. The monoisotopic (exact) mass is 166 g/mol. The summed E-state index contributed by atoms with van der Waals surface area (Å²) in [5.41, 5.74) is 2.05. The van der Waals surface area contributed by atoms with Crippen LogP contribution >= 0.6 is 0 Å². The van der Waals surface area contributed by atoms with Gasteiger partial charge < -0.3 is 5.11 Å². The molecule has 0 aromatic carbocycles. The zero-order valence-electron chi connectivity index (χ0n) is 8.01. The Morgan fingerprint density at radius 2 is 2.33 bits per heavy atom. The van der Waals surface area contributed by atoms with Crippen molar-refractivity contribution < 1.29 is 5.11 Å². The first kappa shape index (κ1) is 8.31. The van der Waals surface area contributed by atoms with E-state index in [0.29, 0.717) is 12.0 Å². The van der Waals surface area contributed by atoms with Crippen LogP contribution in [0.2, 0.25) is 0 Å². The first-order valence-corrected chi connectivity index (χ1v) is 4.96. The minimum atomic E-state index is 0.322. The first-order valence-electron chi connectivity index (χ1n) is 4.96. The molecule has 0 saturated heterocycles. The van der Waals surface area contributed by atoms with Gasteiger partial charge >= 0.3 is 0 Å². The molecule has 3 aliphatic carbocycles. The second kappa shape index (κ2) is 2.59. The van der Waals surface area contributed by atoms with Crippen molar-refractivity contribution in [2.75, 3.05) is 6.61 Å². The topological polar surface area (TPSA) is 20.2 Å². The van der Waals surface area contributed by atoms with Crippen LogP contribution in [0.4, 0.5) is 0 Å². The van der Waals surface area contributed by atoms with Crippen molar-refractivity contribution in [2.24, 2.45) is 17.3 Å². The molecule has 1 heteroatoms. The van der Waals surface area contributed by atoms with Gasteiger partial charge in [-0.2, -0.15) is 0 Å². The van der Waals surface area contributed by atoms with Gasteiger partial charge in [-0.05, 0) is 36.5 Å². The van der Waals surface area contributed by atoms with Crippen LogP contribution < -0.4 is 0 Å². The van der Waals surface area contributed by atoms with Crippen LogP contribution in [-0.4, -0.2) is 11.7 Å². The summed E-state index contributed by atoms with van der Waals surface area (Å²) < 4.78 is 0. The molecule has 1 fully saturated rings. The molecule has 0 aliphatic heterocycles. The molecule has 0 radical (unpaired) electrons. The quantitative estimate of drug-likeness (QED) is 0.624. The Morgan fingerprint density at radius 3 is 2.83 bits per heavy atom. The second-order valence-corrected chi connectivity index (χ2v) is 4.79. The van der Waals surface area contributed by atoms with Gasteiger partial charge in [0.15, 0.2) is 0 Å². The van der Waals surface area contributed by atoms with E-state index in [1.54, 1.807) is 0 Å². The molecule has 0 amide bonds. The fraction of sp³-hybridized carbons (Fsp3) is 0.818. The summed E-state index contributed by atoms with van der Waals surface area (Å²) in [7, 11) is 0. The zero-order chi connectivity index (χ0) is 8.77. The molecule has 1 nitrogen and oxygen atoms in total. The third-order valence-corrected chi connectivity index (χ3v) is 3.98. The predicted molar refractivity (Wildman–Crippen MR) is 49.8 cm³/mol. The van der Waals surface area contributed by atoms with Crippen LogP contribution in [0.25, 0.3) is 0 Å². The van der Waals surface area contributed by atoms with Gasteiger partial charge in [0.2, 0.25) is 0 Å². The van der Waals surface area contributed by atoms with Gasteiger partial charge in [0.1, 0.15) is 0 Å². The Morgan fingerprint density at radius 1 is 1.58 bits per heavy atom. The molecule has 0 aromatic heterocycles. The number of rotatable bonds is 2. The predicted octanol–water partition coefficient (Wildman–Crippen LogP) is 2.36. The summed E-state index contributed by atoms with van der Waals surface area (Å²) >= 11 is 0. The molecule has 1 N–H and O–H groups in total. The fourth-order valence-corrected chi connectivity index (χ4v) is 2.89. The zero-order valence-corrected chi connectivity index (χ0v) is 8.01. The fourth-order valence-electron chi connectivity index (χ4n) is 2.89. The Kier molecular flexibility index (Phi) is 1.80. The molecule has 2 bridgehead atoms. The number of hydrogen-bond donors (Lipinski definition) is 1. The Hall–Kier alpha value is -0.300. The maximum Gasteiger partial charge on any atom is 0.0468 e.